The van der Waals surface area contributed by atoms with Gasteiger partial charge in [-0.1, -0.05) is 20.8 Å². The third-order valence-electron chi connectivity index (χ3n) is 1.88. The maximum absolute atomic E-state index is 11.1. The summed E-state index contributed by atoms with van der Waals surface area (Å²) in [4.78, 5) is 11.1. The lowest BCUT2D eigenvalue weighted by Crippen LogP contribution is -2.41. The molecule has 1 unspecified atom stereocenters. The number of carbonyl (C=O) groups excluding carboxylic acids is 1. The maximum Gasteiger partial charge on any atom is 0.249 e. The molecule has 0 radical (unpaired) electrons. The van der Waals surface area contributed by atoms with Gasteiger partial charge in [0.1, 0.15) is 6.10 Å². The number of aliphatic hydroxyl groups is 2. The monoisotopic (exact) mass is 189 g/mol. The first-order chi connectivity index (χ1) is 5.99. The van der Waals surface area contributed by atoms with Crippen LogP contribution in [0.3, 0.4) is 0 Å². The molecule has 3 N–H and O–H groups in total. The van der Waals surface area contributed by atoms with Gasteiger partial charge in [0.25, 0.3) is 0 Å². The van der Waals surface area contributed by atoms with Crippen molar-refractivity contribution in [2.24, 2.45) is 5.92 Å². The number of carbonyl (C=O) groups is 1. The molecule has 0 heterocycles. The summed E-state index contributed by atoms with van der Waals surface area (Å²) in [5.74, 6) is -0.513. The lowest BCUT2D eigenvalue weighted by Gasteiger charge is -2.15. The highest BCUT2D eigenvalue weighted by molar-refractivity contribution is 5.80. The second kappa shape index (κ2) is 5.94. The van der Waals surface area contributed by atoms with Crippen molar-refractivity contribution in [3.8, 4) is 0 Å². The minimum absolute atomic E-state index is 0.0984. The SMILES string of the molecule is CCC(O)CNC(=O)[C@H](O)C(C)C. The standard InChI is InChI=1S/C9H19NO3/c1-4-7(11)5-10-9(13)8(12)6(2)3/h6-8,11-12H,4-5H2,1-3H3,(H,10,13)/t7?,8-/m1/s1. The summed E-state index contributed by atoms with van der Waals surface area (Å²) in [5.41, 5.74) is 0. The zero-order chi connectivity index (χ0) is 10.4. The van der Waals surface area contributed by atoms with Crippen LogP contribution in [0.5, 0.6) is 0 Å². The molecule has 78 valence electrons. The van der Waals surface area contributed by atoms with Crippen LogP contribution in [0.25, 0.3) is 0 Å². The summed E-state index contributed by atoms with van der Waals surface area (Å²) >= 11 is 0. The van der Waals surface area contributed by atoms with Gasteiger partial charge in [-0.25, -0.2) is 0 Å². The first kappa shape index (κ1) is 12.4. The van der Waals surface area contributed by atoms with Crippen molar-refractivity contribution < 1.29 is 15.0 Å². The average Bonchev–Trinajstić information content (AvgIpc) is 2.11. The fourth-order valence-corrected chi connectivity index (χ4v) is 0.770. The second-order valence-electron chi connectivity index (χ2n) is 3.50. The van der Waals surface area contributed by atoms with Crippen molar-refractivity contribution in [1.82, 2.24) is 5.32 Å². The van der Waals surface area contributed by atoms with E-state index in [-0.39, 0.29) is 12.5 Å². The molecule has 0 spiro atoms. The molecule has 2 atom stereocenters. The predicted molar refractivity (Wildman–Crippen MR) is 50.2 cm³/mol. The number of nitrogens with one attached hydrogen (secondary N) is 1. The van der Waals surface area contributed by atoms with E-state index in [0.29, 0.717) is 6.42 Å². The van der Waals surface area contributed by atoms with Crippen LogP contribution in [0.1, 0.15) is 27.2 Å². The summed E-state index contributed by atoms with van der Waals surface area (Å²) in [6.07, 6.45) is -0.912. The molecule has 4 heteroatoms. The first-order valence-electron chi connectivity index (χ1n) is 4.62. The molecule has 0 aromatic carbocycles. The fraction of sp³-hybridized carbons (Fsp3) is 0.889. The Morgan fingerprint density at radius 2 is 1.92 bits per heavy atom. The average molecular weight is 189 g/mol. The smallest absolute Gasteiger partial charge is 0.249 e. The highest BCUT2D eigenvalue weighted by Crippen LogP contribution is 2.00. The Labute approximate surface area is 79.0 Å². The summed E-state index contributed by atoms with van der Waals surface area (Å²) in [6, 6.07) is 0. The van der Waals surface area contributed by atoms with Crippen LogP contribution in [-0.4, -0.2) is 34.9 Å². The predicted octanol–water partition coefficient (Wildman–Crippen LogP) is -0.110. The maximum atomic E-state index is 11.1. The van der Waals surface area contributed by atoms with Crippen molar-refractivity contribution in [1.29, 1.82) is 0 Å². The Morgan fingerprint density at radius 1 is 1.38 bits per heavy atom. The van der Waals surface area contributed by atoms with Gasteiger partial charge in [0, 0.05) is 6.54 Å². The molecule has 0 saturated carbocycles. The summed E-state index contributed by atoms with van der Waals surface area (Å²) < 4.78 is 0. The summed E-state index contributed by atoms with van der Waals surface area (Å²) in [7, 11) is 0. The van der Waals surface area contributed by atoms with E-state index in [4.69, 9.17) is 5.11 Å². The molecule has 0 aliphatic heterocycles. The number of amides is 1. The Morgan fingerprint density at radius 3 is 2.31 bits per heavy atom. The van der Waals surface area contributed by atoms with Crippen LogP contribution in [0.15, 0.2) is 0 Å². The molecule has 13 heavy (non-hydrogen) atoms. The van der Waals surface area contributed by atoms with E-state index < -0.39 is 18.1 Å². The van der Waals surface area contributed by atoms with Gasteiger partial charge >= 0.3 is 0 Å². The Balaban J connectivity index is 3.74. The molecule has 1 amide bonds. The number of rotatable bonds is 5. The van der Waals surface area contributed by atoms with E-state index in [2.05, 4.69) is 5.32 Å². The van der Waals surface area contributed by atoms with Crippen molar-refractivity contribution >= 4 is 5.91 Å². The topological polar surface area (TPSA) is 69.6 Å². The van der Waals surface area contributed by atoms with Gasteiger partial charge < -0.3 is 15.5 Å². The fourth-order valence-electron chi connectivity index (χ4n) is 0.770. The number of hydrogen-bond donors (Lipinski definition) is 3. The lowest BCUT2D eigenvalue weighted by atomic mass is 10.1. The van der Waals surface area contributed by atoms with E-state index in [9.17, 15) is 9.90 Å². The summed E-state index contributed by atoms with van der Waals surface area (Å²) in [5, 5.41) is 20.9. The van der Waals surface area contributed by atoms with E-state index in [0.717, 1.165) is 0 Å². The minimum Gasteiger partial charge on any atom is -0.391 e. The zero-order valence-corrected chi connectivity index (χ0v) is 8.45. The summed E-state index contributed by atoms with van der Waals surface area (Å²) in [6.45, 7) is 5.57. The third-order valence-corrected chi connectivity index (χ3v) is 1.88. The van der Waals surface area contributed by atoms with Crippen molar-refractivity contribution in [3.63, 3.8) is 0 Å². The quantitative estimate of drug-likeness (QED) is 0.565. The molecule has 0 saturated heterocycles. The molecule has 0 bridgehead atoms. The van der Waals surface area contributed by atoms with E-state index in [1.165, 1.54) is 0 Å². The minimum atomic E-state index is -0.982. The second-order valence-corrected chi connectivity index (χ2v) is 3.50. The molecule has 0 aromatic heterocycles. The van der Waals surface area contributed by atoms with E-state index in [1.54, 1.807) is 13.8 Å². The largest absolute Gasteiger partial charge is 0.391 e. The molecule has 0 fully saturated rings. The Hall–Kier alpha value is -0.610. The molecule has 0 aromatic rings. The van der Waals surface area contributed by atoms with Crippen LogP contribution >= 0.6 is 0 Å². The van der Waals surface area contributed by atoms with Gasteiger partial charge in [0.15, 0.2) is 0 Å². The first-order valence-corrected chi connectivity index (χ1v) is 4.62. The molecule has 0 aliphatic rings. The van der Waals surface area contributed by atoms with Crippen LogP contribution in [0, 0.1) is 5.92 Å². The van der Waals surface area contributed by atoms with Crippen LogP contribution in [0.4, 0.5) is 0 Å². The van der Waals surface area contributed by atoms with Crippen LogP contribution in [-0.2, 0) is 4.79 Å². The molecule has 0 rings (SSSR count). The van der Waals surface area contributed by atoms with Crippen LogP contribution in [0.2, 0.25) is 0 Å². The highest BCUT2D eigenvalue weighted by atomic mass is 16.3. The highest BCUT2D eigenvalue weighted by Gasteiger charge is 2.18. The van der Waals surface area contributed by atoms with Gasteiger partial charge in [-0.2, -0.15) is 0 Å². The number of hydrogen-bond acceptors (Lipinski definition) is 3. The van der Waals surface area contributed by atoms with E-state index >= 15 is 0 Å². The van der Waals surface area contributed by atoms with Gasteiger partial charge in [-0.05, 0) is 12.3 Å². The van der Waals surface area contributed by atoms with E-state index in [1.807, 2.05) is 6.92 Å². The van der Waals surface area contributed by atoms with Crippen LogP contribution < -0.4 is 5.32 Å². The van der Waals surface area contributed by atoms with Gasteiger partial charge in [-0.3, -0.25) is 4.79 Å². The molecule has 0 aliphatic carbocycles. The Kier molecular flexibility index (Phi) is 5.66. The third kappa shape index (κ3) is 4.85. The van der Waals surface area contributed by atoms with Gasteiger partial charge in [0.2, 0.25) is 5.91 Å². The Bertz CT molecular complexity index is 159. The van der Waals surface area contributed by atoms with Crippen molar-refractivity contribution in [2.45, 2.75) is 39.4 Å². The van der Waals surface area contributed by atoms with Gasteiger partial charge in [0.05, 0.1) is 6.10 Å². The molecule has 4 nitrogen and oxygen atoms in total. The van der Waals surface area contributed by atoms with Gasteiger partial charge in [-0.15, -0.1) is 0 Å². The van der Waals surface area contributed by atoms with Crippen molar-refractivity contribution in [3.05, 3.63) is 0 Å². The molecular formula is C9H19NO3. The zero-order valence-electron chi connectivity index (χ0n) is 8.45. The van der Waals surface area contributed by atoms with Crippen molar-refractivity contribution in [2.75, 3.05) is 6.54 Å². The molecular weight excluding hydrogens is 170 g/mol. The number of aliphatic hydroxyl groups excluding tert-OH is 2. The lowest BCUT2D eigenvalue weighted by molar-refractivity contribution is -0.131. The normalized spacial score (nSPS) is 15.5.